The van der Waals surface area contributed by atoms with Gasteiger partial charge >= 0.3 is 5.97 Å². The lowest BCUT2D eigenvalue weighted by molar-refractivity contribution is -0.137. The molecule has 1 aromatic heterocycles. The summed E-state index contributed by atoms with van der Waals surface area (Å²) in [4.78, 5) is 11.3. The lowest BCUT2D eigenvalue weighted by atomic mass is 10.2. The van der Waals surface area contributed by atoms with Crippen LogP contribution in [0.25, 0.3) is 17.4 Å². The van der Waals surface area contributed by atoms with Gasteiger partial charge in [0.05, 0.1) is 18.2 Å². The Kier molecular flexibility index (Phi) is 5.85. The van der Waals surface area contributed by atoms with Gasteiger partial charge in [0.1, 0.15) is 17.3 Å². The monoisotopic (exact) mass is 428 g/mol. The summed E-state index contributed by atoms with van der Waals surface area (Å²) in [5, 5.41) is 0. The maximum Gasteiger partial charge on any atom is 0.330 e. The summed E-state index contributed by atoms with van der Waals surface area (Å²) < 4.78 is 17.4. The van der Waals surface area contributed by atoms with Crippen molar-refractivity contribution in [3.05, 3.63) is 45.0 Å². The maximum atomic E-state index is 11.3. The van der Waals surface area contributed by atoms with Gasteiger partial charge in [-0.3, -0.25) is 0 Å². The highest BCUT2D eigenvalue weighted by Crippen LogP contribution is 2.37. The summed E-state index contributed by atoms with van der Waals surface area (Å²) in [6, 6.07) is 7.40. The average Bonchev–Trinajstić information content (AvgIpc) is 2.86. The molecular weight excluding hydrogens is 416 g/mol. The molecule has 0 radical (unpaired) electrons. The van der Waals surface area contributed by atoms with Gasteiger partial charge in [0.25, 0.3) is 0 Å². The third-order valence-electron chi connectivity index (χ3n) is 2.80. The number of furan rings is 1. The number of benzene rings is 1. The largest absolute Gasteiger partial charge is 0.497 e. The zero-order chi connectivity index (χ0) is 16.1. The Balaban J connectivity index is 2.28. The molecule has 0 amide bonds. The SMILES string of the molecule is CCOC(=O)/C=C/c1cc(Br)c(-c2ccc(OC)cc2Br)o1. The van der Waals surface area contributed by atoms with Gasteiger partial charge in [-0.15, -0.1) is 0 Å². The molecule has 2 rings (SSSR count). The number of hydrogen-bond donors (Lipinski definition) is 0. The van der Waals surface area contributed by atoms with Crippen molar-refractivity contribution in [1.29, 1.82) is 0 Å². The summed E-state index contributed by atoms with van der Waals surface area (Å²) in [6.07, 6.45) is 2.91. The van der Waals surface area contributed by atoms with Gasteiger partial charge < -0.3 is 13.9 Å². The van der Waals surface area contributed by atoms with E-state index in [1.54, 1.807) is 26.2 Å². The van der Waals surface area contributed by atoms with Crippen LogP contribution in [0.5, 0.6) is 5.75 Å². The molecule has 0 bridgehead atoms. The number of carbonyl (C=O) groups excluding carboxylic acids is 1. The van der Waals surface area contributed by atoms with Gasteiger partial charge in [0, 0.05) is 16.1 Å². The molecule has 0 aliphatic heterocycles. The number of halogens is 2. The fourth-order valence-corrected chi connectivity index (χ4v) is 2.86. The van der Waals surface area contributed by atoms with E-state index < -0.39 is 5.97 Å². The molecule has 0 saturated heterocycles. The third-order valence-corrected chi connectivity index (χ3v) is 4.04. The Morgan fingerprint density at radius 1 is 1.27 bits per heavy atom. The lowest BCUT2D eigenvalue weighted by Gasteiger charge is -2.05. The van der Waals surface area contributed by atoms with Gasteiger partial charge in [-0.25, -0.2) is 4.79 Å². The molecule has 1 aromatic carbocycles. The van der Waals surface area contributed by atoms with Crippen LogP contribution in [0.4, 0.5) is 0 Å². The van der Waals surface area contributed by atoms with Gasteiger partial charge in [-0.1, -0.05) is 0 Å². The molecule has 0 saturated carbocycles. The molecule has 0 aliphatic carbocycles. The summed E-state index contributed by atoms with van der Waals surface area (Å²) in [6.45, 7) is 2.10. The van der Waals surface area contributed by atoms with Crippen molar-refractivity contribution in [3.63, 3.8) is 0 Å². The van der Waals surface area contributed by atoms with E-state index in [2.05, 4.69) is 31.9 Å². The molecule has 116 valence electrons. The fraction of sp³-hybridized carbons (Fsp3) is 0.188. The first-order valence-corrected chi connectivity index (χ1v) is 8.11. The third kappa shape index (κ3) is 4.01. The minimum atomic E-state index is -0.401. The number of hydrogen-bond acceptors (Lipinski definition) is 4. The predicted octanol–water partition coefficient (Wildman–Crippen LogP) is 5.06. The van der Waals surface area contributed by atoms with Crippen LogP contribution < -0.4 is 4.74 Å². The van der Waals surface area contributed by atoms with Crippen LogP contribution in [0.1, 0.15) is 12.7 Å². The predicted molar refractivity (Wildman–Crippen MR) is 91.8 cm³/mol. The highest BCUT2D eigenvalue weighted by molar-refractivity contribution is 9.11. The number of esters is 1. The smallest absolute Gasteiger partial charge is 0.330 e. The molecule has 6 heteroatoms. The second-order valence-electron chi connectivity index (χ2n) is 4.26. The van der Waals surface area contributed by atoms with Crippen molar-refractivity contribution in [2.75, 3.05) is 13.7 Å². The normalized spacial score (nSPS) is 10.9. The highest BCUT2D eigenvalue weighted by Gasteiger charge is 2.14. The minimum Gasteiger partial charge on any atom is -0.497 e. The summed E-state index contributed by atoms with van der Waals surface area (Å²) in [7, 11) is 1.61. The Labute approximate surface area is 145 Å². The van der Waals surface area contributed by atoms with Crippen molar-refractivity contribution < 1.29 is 18.7 Å². The molecular formula is C16H14Br2O4. The molecule has 1 heterocycles. The molecule has 4 nitrogen and oxygen atoms in total. The molecule has 0 aliphatic rings. The molecule has 2 aromatic rings. The van der Waals surface area contributed by atoms with Gasteiger partial charge in [0.2, 0.25) is 0 Å². The van der Waals surface area contributed by atoms with E-state index in [9.17, 15) is 4.79 Å². The Morgan fingerprint density at radius 2 is 2.05 bits per heavy atom. The van der Waals surface area contributed by atoms with Gasteiger partial charge in [-0.05, 0) is 69.1 Å². The fourth-order valence-electron chi connectivity index (χ4n) is 1.80. The van der Waals surface area contributed by atoms with Gasteiger partial charge in [-0.2, -0.15) is 0 Å². The van der Waals surface area contributed by atoms with Crippen LogP contribution in [0.15, 0.2) is 43.7 Å². The quantitative estimate of drug-likeness (QED) is 0.492. The molecule has 0 N–H and O–H groups in total. The van der Waals surface area contributed by atoms with Crippen LogP contribution >= 0.6 is 31.9 Å². The average molecular weight is 430 g/mol. The second kappa shape index (κ2) is 7.65. The van der Waals surface area contributed by atoms with Crippen molar-refractivity contribution in [1.82, 2.24) is 0 Å². The van der Waals surface area contributed by atoms with E-state index in [0.29, 0.717) is 18.1 Å². The first-order valence-electron chi connectivity index (χ1n) is 6.53. The minimum absolute atomic E-state index is 0.342. The van der Waals surface area contributed by atoms with E-state index >= 15 is 0 Å². The van der Waals surface area contributed by atoms with E-state index in [4.69, 9.17) is 13.9 Å². The number of rotatable bonds is 5. The number of carbonyl (C=O) groups is 1. The molecule has 22 heavy (non-hydrogen) atoms. The van der Waals surface area contributed by atoms with E-state index in [0.717, 1.165) is 20.3 Å². The highest BCUT2D eigenvalue weighted by atomic mass is 79.9. The van der Waals surface area contributed by atoms with Crippen LogP contribution in [0.2, 0.25) is 0 Å². The Bertz CT molecular complexity index is 704. The zero-order valence-electron chi connectivity index (χ0n) is 12.1. The van der Waals surface area contributed by atoms with Crippen molar-refractivity contribution in [2.24, 2.45) is 0 Å². The molecule has 0 spiro atoms. The second-order valence-corrected chi connectivity index (χ2v) is 5.97. The molecule has 0 unspecified atom stereocenters. The summed E-state index contributed by atoms with van der Waals surface area (Å²) >= 11 is 6.96. The first-order chi connectivity index (χ1) is 10.5. The van der Waals surface area contributed by atoms with Crippen molar-refractivity contribution in [3.8, 4) is 17.1 Å². The lowest BCUT2D eigenvalue weighted by Crippen LogP contribution is -1.98. The van der Waals surface area contributed by atoms with E-state index in [1.807, 2.05) is 18.2 Å². The Hall–Kier alpha value is -1.53. The standard InChI is InChI=1S/C16H14Br2O4/c1-3-21-15(19)7-5-11-9-14(18)16(22-11)12-6-4-10(20-2)8-13(12)17/h4-9H,3H2,1-2H3/b7-5+. The van der Waals surface area contributed by atoms with E-state index in [-0.39, 0.29) is 0 Å². The summed E-state index contributed by atoms with van der Waals surface area (Å²) in [5.41, 5.74) is 0.878. The van der Waals surface area contributed by atoms with Crippen LogP contribution in [-0.4, -0.2) is 19.7 Å². The van der Waals surface area contributed by atoms with Crippen LogP contribution in [0, 0.1) is 0 Å². The first kappa shape index (κ1) is 16.8. The van der Waals surface area contributed by atoms with Gasteiger partial charge in [0.15, 0.2) is 0 Å². The van der Waals surface area contributed by atoms with Crippen molar-refractivity contribution >= 4 is 43.9 Å². The van der Waals surface area contributed by atoms with E-state index in [1.165, 1.54) is 6.08 Å². The topological polar surface area (TPSA) is 48.7 Å². The molecule has 0 fully saturated rings. The number of methoxy groups -OCH3 is 1. The summed E-state index contributed by atoms with van der Waals surface area (Å²) in [5.74, 6) is 1.57. The van der Waals surface area contributed by atoms with Crippen LogP contribution in [0.3, 0.4) is 0 Å². The maximum absolute atomic E-state index is 11.3. The van der Waals surface area contributed by atoms with Crippen molar-refractivity contribution in [2.45, 2.75) is 6.92 Å². The van der Waals surface area contributed by atoms with Crippen LogP contribution in [-0.2, 0) is 9.53 Å². The molecule has 0 atom stereocenters. The zero-order valence-corrected chi connectivity index (χ0v) is 15.2. The number of ether oxygens (including phenoxy) is 2. The Morgan fingerprint density at radius 3 is 2.68 bits per heavy atom.